The van der Waals surface area contributed by atoms with Crippen molar-refractivity contribution in [1.82, 2.24) is 9.13 Å². The van der Waals surface area contributed by atoms with Crippen LogP contribution in [0.2, 0.25) is 0 Å². The van der Waals surface area contributed by atoms with Crippen LogP contribution in [-0.4, -0.2) is 9.13 Å². The Kier molecular flexibility index (Phi) is 8.04. The second-order valence-electron chi connectivity index (χ2n) is 18.6. The number of aromatic nitrogens is 2. The quantitative estimate of drug-likeness (QED) is 0.168. The highest BCUT2D eigenvalue weighted by molar-refractivity contribution is 6.12. The van der Waals surface area contributed by atoms with Gasteiger partial charge in [-0.1, -0.05) is 107 Å². The highest BCUT2D eigenvalue weighted by atomic mass is 16.5. The summed E-state index contributed by atoms with van der Waals surface area (Å²) in [6.45, 7) is 9.46. The normalized spacial score (nSPS) is 16.8. The summed E-state index contributed by atoms with van der Waals surface area (Å²) in [5.74, 6) is 3.95. The topological polar surface area (TPSA) is 28.3 Å². The van der Waals surface area contributed by atoms with Gasteiger partial charge in [-0.25, -0.2) is 0 Å². The molecule has 300 valence electrons. The molecule has 61 heavy (non-hydrogen) atoms. The molecule has 0 amide bonds. The third-order valence-electron chi connectivity index (χ3n) is 14.3. The standard InChI is InChI=1S/C57H50N2O2/c1-56(2)42-18-7-11-22-48(42)60-50-34-32-46-52(54(50)56)40-16-5-9-20-44(40)58(46)38-28-24-36(25-29-38)14-13-15-37-26-30-39(31-27-37)59-45-21-10-6-17-41(45)53-47(59)33-35-51-55(53)57(3,4)43-19-8-12-23-49(43)61-51/h5-7,9,11-12,16-18,20,22-35H,8,10,13-15,19,21H2,1-4H3. The van der Waals surface area contributed by atoms with Crippen molar-refractivity contribution in [3.63, 3.8) is 0 Å². The van der Waals surface area contributed by atoms with E-state index in [-0.39, 0.29) is 10.8 Å². The van der Waals surface area contributed by atoms with Crippen LogP contribution in [0.3, 0.4) is 0 Å². The Morgan fingerprint density at radius 2 is 1.15 bits per heavy atom. The minimum atomic E-state index is -0.209. The molecule has 4 heteroatoms. The first-order chi connectivity index (χ1) is 29.8. The van der Waals surface area contributed by atoms with Gasteiger partial charge in [0.15, 0.2) is 0 Å². The maximum atomic E-state index is 6.61. The molecule has 0 spiro atoms. The van der Waals surface area contributed by atoms with Crippen LogP contribution in [0.1, 0.15) is 92.5 Å². The monoisotopic (exact) mass is 794 g/mol. The summed E-state index contributed by atoms with van der Waals surface area (Å²) < 4.78 is 18.1. The van der Waals surface area contributed by atoms with Crippen LogP contribution >= 0.6 is 0 Å². The van der Waals surface area contributed by atoms with Crippen molar-refractivity contribution in [2.45, 2.75) is 83.5 Å². The lowest BCUT2D eigenvalue weighted by Crippen LogP contribution is -2.29. The lowest BCUT2D eigenvalue weighted by atomic mass is 9.71. The molecular formula is C57H50N2O2. The van der Waals surface area contributed by atoms with Gasteiger partial charge in [0.25, 0.3) is 0 Å². The zero-order valence-electron chi connectivity index (χ0n) is 35.5. The summed E-state index contributed by atoms with van der Waals surface area (Å²) in [5, 5.41) is 3.88. The Morgan fingerprint density at radius 3 is 1.92 bits per heavy atom. The number of allylic oxidation sites excluding steroid dienone is 4. The Balaban J connectivity index is 0.804. The number of ether oxygens (including phenoxy) is 2. The predicted octanol–water partition coefficient (Wildman–Crippen LogP) is 14.6. The number of benzene rings is 6. The van der Waals surface area contributed by atoms with E-state index in [2.05, 4.69) is 182 Å². The third-order valence-corrected chi connectivity index (χ3v) is 14.3. The van der Waals surface area contributed by atoms with E-state index in [9.17, 15) is 0 Å². The lowest BCUT2D eigenvalue weighted by Gasteiger charge is -2.38. The molecule has 2 aromatic heterocycles. The molecule has 0 atom stereocenters. The fourth-order valence-corrected chi connectivity index (χ4v) is 11.4. The Labute approximate surface area is 358 Å². The van der Waals surface area contributed by atoms with Gasteiger partial charge in [0, 0.05) is 66.3 Å². The largest absolute Gasteiger partial charge is 0.457 e. The maximum absolute atomic E-state index is 6.61. The molecule has 4 heterocycles. The molecule has 2 aliphatic carbocycles. The van der Waals surface area contributed by atoms with Crippen LogP contribution in [0.25, 0.3) is 50.2 Å². The molecule has 0 saturated heterocycles. The van der Waals surface area contributed by atoms with E-state index < -0.39 is 0 Å². The number of hydrogen-bond donors (Lipinski definition) is 0. The molecule has 0 radical (unpaired) electrons. The maximum Gasteiger partial charge on any atom is 0.132 e. The summed E-state index contributed by atoms with van der Waals surface area (Å²) in [6, 6.07) is 44.8. The summed E-state index contributed by atoms with van der Waals surface area (Å²) in [6.07, 6.45) is 16.5. The van der Waals surface area contributed by atoms with E-state index in [1.54, 1.807) is 0 Å². The lowest BCUT2D eigenvalue weighted by molar-refractivity contribution is 0.374. The second-order valence-corrected chi connectivity index (χ2v) is 18.6. The van der Waals surface area contributed by atoms with Gasteiger partial charge in [0.05, 0.1) is 16.6 Å². The number of para-hydroxylation sites is 2. The molecule has 0 unspecified atom stereocenters. The highest BCUT2D eigenvalue weighted by Gasteiger charge is 2.40. The average molecular weight is 795 g/mol. The average Bonchev–Trinajstić information content (AvgIpc) is 3.80. The first-order valence-electron chi connectivity index (χ1n) is 22.3. The van der Waals surface area contributed by atoms with Crippen molar-refractivity contribution in [2.75, 3.05) is 0 Å². The Morgan fingerprint density at radius 1 is 0.525 bits per heavy atom. The number of fused-ring (bicyclic) bond motifs is 11. The third kappa shape index (κ3) is 5.44. The van der Waals surface area contributed by atoms with Gasteiger partial charge < -0.3 is 18.6 Å². The molecule has 0 bridgehead atoms. The molecule has 0 saturated carbocycles. The summed E-state index contributed by atoms with van der Waals surface area (Å²) in [7, 11) is 0. The fraction of sp³-hybridized carbons (Fsp3) is 0.228. The van der Waals surface area contributed by atoms with E-state index in [1.165, 1.54) is 88.7 Å². The van der Waals surface area contributed by atoms with Crippen molar-refractivity contribution in [3.05, 3.63) is 190 Å². The number of hydrogen-bond acceptors (Lipinski definition) is 2. The fourth-order valence-electron chi connectivity index (χ4n) is 11.4. The Bertz CT molecular complexity index is 3200. The van der Waals surface area contributed by atoms with E-state index in [0.29, 0.717) is 0 Å². The van der Waals surface area contributed by atoms with Crippen molar-refractivity contribution >= 4 is 38.8 Å². The molecular weight excluding hydrogens is 745 g/mol. The van der Waals surface area contributed by atoms with Gasteiger partial charge in [-0.2, -0.15) is 0 Å². The van der Waals surface area contributed by atoms with Crippen LogP contribution < -0.4 is 9.47 Å². The minimum Gasteiger partial charge on any atom is -0.457 e. The summed E-state index contributed by atoms with van der Waals surface area (Å²) >= 11 is 0. The second kappa shape index (κ2) is 13.5. The molecule has 4 nitrogen and oxygen atoms in total. The first kappa shape index (κ1) is 36.3. The van der Waals surface area contributed by atoms with Crippen LogP contribution in [-0.2, 0) is 30.1 Å². The molecule has 0 N–H and O–H groups in total. The van der Waals surface area contributed by atoms with Crippen molar-refractivity contribution in [3.8, 4) is 28.6 Å². The number of aryl methyl sites for hydroxylation is 2. The van der Waals surface area contributed by atoms with Gasteiger partial charge in [0.1, 0.15) is 23.0 Å². The first-order valence-corrected chi connectivity index (χ1v) is 22.3. The summed E-state index contributed by atoms with van der Waals surface area (Å²) in [4.78, 5) is 0. The molecule has 12 rings (SSSR count). The van der Waals surface area contributed by atoms with Crippen molar-refractivity contribution in [1.29, 1.82) is 0 Å². The smallest absolute Gasteiger partial charge is 0.132 e. The van der Waals surface area contributed by atoms with Crippen molar-refractivity contribution in [2.24, 2.45) is 0 Å². The van der Waals surface area contributed by atoms with E-state index in [4.69, 9.17) is 9.47 Å². The van der Waals surface area contributed by atoms with E-state index in [0.717, 1.165) is 68.0 Å². The van der Waals surface area contributed by atoms with E-state index in [1.807, 2.05) is 0 Å². The van der Waals surface area contributed by atoms with Gasteiger partial charge >= 0.3 is 0 Å². The SMILES string of the molecule is CC1(C)C2=C(C=CCC2)Oc2ccc3c(c4c(n3-c3ccc(CCCc5ccc(-n6c7ccccc7c7c8c(ccc76)Oc6ccccc6C8(C)C)cc5)cc3)CCC=C4)c21. The van der Waals surface area contributed by atoms with Gasteiger partial charge in [-0.05, 0) is 128 Å². The van der Waals surface area contributed by atoms with Gasteiger partial charge in [-0.3, -0.25) is 0 Å². The number of nitrogens with zero attached hydrogens (tertiary/aromatic N) is 2. The zero-order chi connectivity index (χ0) is 41.0. The van der Waals surface area contributed by atoms with Crippen molar-refractivity contribution < 1.29 is 9.47 Å². The highest BCUT2D eigenvalue weighted by Crippen LogP contribution is 2.54. The molecule has 4 aliphatic rings. The van der Waals surface area contributed by atoms with Crippen LogP contribution in [0.15, 0.2) is 151 Å². The predicted molar refractivity (Wildman–Crippen MR) is 251 cm³/mol. The van der Waals surface area contributed by atoms with Crippen LogP contribution in [0.5, 0.6) is 17.2 Å². The summed E-state index contributed by atoms with van der Waals surface area (Å²) in [5.41, 5.74) is 16.6. The minimum absolute atomic E-state index is 0.103. The van der Waals surface area contributed by atoms with Crippen LogP contribution in [0.4, 0.5) is 0 Å². The van der Waals surface area contributed by atoms with Gasteiger partial charge in [-0.15, -0.1) is 0 Å². The molecule has 8 aromatic rings. The number of rotatable bonds is 6. The molecule has 6 aromatic carbocycles. The zero-order valence-corrected chi connectivity index (χ0v) is 35.5. The van der Waals surface area contributed by atoms with Gasteiger partial charge in [0.2, 0.25) is 0 Å². The Hall–Kier alpha value is -6.52. The van der Waals surface area contributed by atoms with E-state index >= 15 is 0 Å². The molecule has 2 aliphatic heterocycles. The molecule has 0 fully saturated rings. The van der Waals surface area contributed by atoms with Crippen LogP contribution in [0, 0.1) is 0 Å².